The van der Waals surface area contributed by atoms with Crippen LogP contribution in [-0.4, -0.2) is 40.7 Å². The molecule has 194 valence electrons. The number of amides is 2. The Morgan fingerprint density at radius 2 is 1.69 bits per heavy atom. The molecule has 0 spiro atoms. The van der Waals surface area contributed by atoms with Gasteiger partial charge in [-0.05, 0) is 44.7 Å². The summed E-state index contributed by atoms with van der Waals surface area (Å²) in [6, 6.07) is 15.2. The molecule has 0 heterocycles. The maximum absolute atomic E-state index is 12.9. The molecule has 2 aromatic carbocycles. The Balaban J connectivity index is 1.91. The van der Waals surface area contributed by atoms with Crippen molar-refractivity contribution in [1.82, 2.24) is 10.6 Å². The van der Waals surface area contributed by atoms with Gasteiger partial charge in [-0.3, -0.25) is 9.59 Å². The molecular formula is C26H34N4O6. The van der Waals surface area contributed by atoms with Crippen molar-refractivity contribution in [2.24, 2.45) is 10.9 Å². The predicted octanol–water partition coefficient (Wildman–Crippen LogP) is 3.20. The highest BCUT2D eigenvalue weighted by Crippen LogP contribution is 2.10. The van der Waals surface area contributed by atoms with E-state index in [0.29, 0.717) is 12.0 Å². The van der Waals surface area contributed by atoms with Gasteiger partial charge in [-0.15, -0.1) is 0 Å². The van der Waals surface area contributed by atoms with E-state index >= 15 is 0 Å². The number of amidine groups is 1. The number of hydrogen-bond acceptors (Lipinski definition) is 7. The summed E-state index contributed by atoms with van der Waals surface area (Å²) in [7, 11) is 0. The van der Waals surface area contributed by atoms with Crippen LogP contribution in [0.1, 0.15) is 56.7 Å². The third kappa shape index (κ3) is 10.5. The van der Waals surface area contributed by atoms with Gasteiger partial charge in [0.25, 0.3) is 0 Å². The second-order valence-electron chi connectivity index (χ2n) is 9.14. The number of benzene rings is 2. The van der Waals surface area contributed by atoms with E-state index in [2.05, 4.69) is 15.8 Å². The van der Waals surface area contributed by atoms with Crippen molar-refractivity contribution in [2.75, 3.05) is 0 Å². The first kappa shape index (κ1) is 28.2. The van der Waals surface area contributed by atoms with Crippen LogP contribution in [0.15, 0.2) is 59.8 Å². The molecule has 2 rings (SSSR count). The minimum absolute atomic E-state index is 0.0190. The number of carbonyl (C=O) groups excluding carboxylic acids is 3. The maximum Gasteiger partial charge on any atom is 0.408 e. The summed E-state index contributed by atoms with van der Waals surface area (Å²) in [5, 5.41) is 17.1. The van der Waals surface area contributed by atoms with Crippen LogP contribution in [0.4, 0.5) is 4.79 Å². The van der Waals surface area contributed by atoms with Crippen molar-refractivity contribution >= 4 is 23.8 Å². The highest BCUT2D eigenvalue weighted by Gasteiger charge is 2.24. The quantitative estimate of drug-likeness (QED) is 0.122. The summed E-state index contributed by atoms with van der Waals surface area (Å²) < 4.78 is 10.5. The van der Waals surface area contributed by atoms with Crippen molar-refractivity contribution in [3.8, 4) is 0 Å². The van der Waals surface area contributed by atoms with Gasteiger partial charge in [-0.1, -0.05) is 59.8 Å². The lowest BCUT2D eigenvalue weighted by Gasteiger charge is -2.23. The van der Waals surface area contributed by atoms with Gasteiger partial charge in [-0.25, -0.2) is 4.79 Å². The van der Waals surface area contributed by atoms with E-state index in [-0.39, 0.29) is 37.8 Å². The third-order valence-corrected chi connectivity index (χ3v) is 4.95. The van der Waals surface area contributed by atoms with Gasteiger partial charge >= 0.3 is 12.1 Å². The normalized spacial score (nSPS) is 12.4. The van der Waals surface area contributed by atoms with E-state index < -0.39 is 23.6 Å². The molecule has 2 aromatic rings. The van der Waals surface area contributed by atoms with Gasteiger partial charge in [-0.2, -0.15) is 0 Å². The predicted molar refractivity (Wildman–Crippen MR) is 134 cm³/mol. The van der Waals surface area contributed by atoms with Crippen LogP contribution in [0, 0.1) is 0 Å². The zero-order valence-electron chi connectivity index (χ0n) is 20.8. The first-order chi connectivity index (χ1) is 17.1. The smallest absolute Gasteiger partial charge is 0.408 e. The van der Waals surface area contributed by atoms with Gasteiger partial charge in [0.05, 0.1) is 0 Å². The number of alkyl carbamates (subject to hydrolysis) is 1. The molecule has 0 radical (unpaired) electrons. The standard InChI is InChI=1S/C26H34N4O6/c1-26(2,3)36-25(33)29-21(10-7-11-22(31)35-17-19-8-5-4-6-9-19)24(32)28-16-18-12-14-20(15-13-18)23(27)30-34/h4-6,8-9,12-15,21,34H,7,10-11,16-17H2,1-3H3,(H2,27,30)(H,28,32)(H,29,33). The number of rotatable bonds is 11. The number of carbonyl (C=O) groups is 3. The Morgan fingerprint density at radius 3 is 2.31 bits per heavy atom. The number of hydrogen-bond donors (Lipinski definition) is 4. The molecule has 0 aromatic heterocycles. The Hall–Kier alpha value is -4.08. The van der Waals surface area contributed by atoms with Crippen LogP contribution >= 0.6 is 0 Å². The molecule has 1 atom stereocenters. The zero-order valence-corrected chi connectivity index (χ0v) is 20.8. The van der Waals surface area contributed by atoms with E-state index in [1.54, 1.807) is 45.0 Å². The minimum atomic E-state index is -0.904. The molecule has 0 bridgehead atoms. The van der Waals surface area contributed by atoms with Crippen molar-refractivity contribution in [1.29, 1.82) is 0 Å². The lowest BCUT2D eigenvalue weighted by molar-refractivity contribution is -0.145. The summed E-state index contributed by atoms with van der Waals surface area (Å²) >= 11 is 0. The van der Waals surface area contributed by atoms with Gasteiger partial charge in [0, 0.05) is 18.5 Å². The average molecular weight is 499 g/mol. The number of nitrogens with zero attached hydrogens (tertiary/aromatic N) is 1. The second kappa shape index (κ2) is 13.7. The lowest BCUT2D eigenvalue weighted by atomic mass is 10.1. The fraction of sp³-hybridized carbons (Fsp3) is 0.385. The molecule has 36 heavy (non-hydrogen) atoms. The van der Waals surface area contributed by atoms with E-state index in [0.717, 1.165) is 11.1 Å². The van der Waals surface area contributed by atoms with Crippen LogP contribution in [0.25, 0.3) is 0 Å². The van der Waals surface area contributed by atoms with Gasteiger partial charge < -0.3 is 31.0 Å². The highest BCUT2D eigenvalue weighted by molar-refractivity contribution is 5.97. The topological polar surface area (TPSA) is 152 Å². The van der Waals surface area contributed by atoms with Crippen molar-refractivity contribution < 1.29 is 29.1 Å². The first-order valence-corrected chi connectivity index (χ1v) is 11.6. The number of nitrogens with one attached hydrogen (secondary N) is 2. The molecule has 0 aliphatic carbocycles. The number of nitrogens with two attached hydrogens (primary N) is 1. The molecular weight excluding hydrogens is 464 g/mol. The highest BCUT2D eigenvalue weighted by atomic mass is 16.6. The van der Waals surface area contributed by atoms with Crippen molar-refractivity contribution in [2.45, 2.75) is 64.8 Å². The van der Waals surface area contributed by atoms with E-state index in [1.807, 2.05) is 30.3 Å². The fourth-order valence-electron chi connectivity index (χ4n) is 3.14. The fourth-order valence-corrected chi connectivity index (χ4v) is 3.14. The van der Waals surface area contributed by atoms with Gasteiger partial charge in [0.1, 0.15) is 18.2 Å². The molecule has 0 saturated carbocycles. The second-order valence-corrected chi connectivity index (χ2v) is 9.14. The largest absolute Gasteiger partial charge is 0.461 e. The Kier molecular flexibility index (Phi) is 10.7. The molecule has 1 unspecified atom stereocenters. The van der Waals surface area contributed by atoms with Crippen LogP contribution in [0.2, 0.25) is 0 Å². The van der Waals surface area contributed by atoms with Crippen molar-refractivity contribution in [3.63, 3.8) is 0 Å². The van der Waals surface area contributed by atoms with Crippen molar-refractivity contribution in [3.05, 3.63) is 71.3 Å². The maximum atomic E-state index is 12.9. The van der Waals surface area contributed by atoms with E-state index in [4.69, 9.17) is 20.4 Å². The summed E-state index contributed by atoms with van der Waals surface area (Å²) in [6.45, 7) is 5.54. The zero-order chi connectivity index (χ0) is 26.6. The van der Waals surface area contributed by atoms with Crippen LogP contribution in [0.3, 0.4) is 0 Å². The van der Waals surface area contributed by atoms with Crippen LogP contribution in [-0.2, 0) is 32.2 Å². The lowest BCUT2D eigenvalue weighted by Crippen LogP contribution is -2.48. The molecule has 0 aliphatic rings. The molecule has 10 heteroatoms. The number of oxime groups is 1. The molecule has 5 N–H and O–H groups in total. The van der Waals surface area contributed by atoms with Crippen LogP contribution in [0.5, 0.6) is 0 Å². The molecule has 0 aliphatic heterocycles. The first-order valence-electron chi connectivity index (χ1n) is 11.6. The Bertz CT molecular complexity index is 1030. The average Bonchev–Trinajstić information content (AvgIpc) is 2.84. The summed E-state index contributed by atoms with van der Waals surface area (Å²) in [4.78, 5) is 37.3. The summed E-state index contributed by atoms with van der Waals surface area (Å²) in [6.07, 6.45) is -0.0799. The molecule has 0 fully saturated rings. The molecule has 10 nitrogen and oxygen atoms in total. The Morgan fingerprint density at radius 1 is 1.03 bits per heavy atom. The molecule has 0 saturated heterocycles. The monoisotopic (exact) mass is 498 g/mol. The van der Waals surface area contributed by atoms with E-state index in [1.165, 1.54) is 0 Å². The number of esters is 1. The molecule has 2 amide bonds. The SMILES string of the molecule is CC(C)(C)OC(=O)NC(CCCC(=O)OCc1ccccc1)C(=O)NCc1ccc(C(N)=NO)cc1. The minimum Gasteiger partial charge on any atom is -0.461 e. The summed E-state index contributed by atoms with van der Waals surface area (Å²) in [5.74, 6) is -0.824. The van der Waals surface area contributed by atoms with Gasteiger partial charge in [0.15, 0.2) is 5.84 Å². The van der Waals surface area contributed by atoms with Gasteiger partial charge in [0.2, 0.25) is 5.91 Å². The number of ether oxygens (including phenoxy) is 2. The van der Waals surface area contributed by atoms with E-state index in [9.17, 15) is 14.4 Å². The Labute approximate surface area is 210 Å². The third-order valence-electron chi connectivity index (χ3n) is 4.95. The summed E-state index contributed by atoms with van der Waals surface area (Å²) in [5.41, 5.74) is 7.03. The van der Waals surface area contributed by atoms with Crippen LogP contribution < -0.4 is 16.4 Å².